The van der Waals surface area contributed by atoms with E-state index in [1.54, 1.807) is 0 Å². The molecule has 5 nitrogen and oxygen atoms in total. The van der Waals surface area contributed by atoms with Crippen LogP contribution in [0.1, 0.15) is 19.5 Å². The molecule has 6 heteroatoms. The molecule has 0 aliphatic carbocycles. The Kier molecular flexibility index (Phi) is 4.85. The highest BCUT2D eigenvalue weighted by Crippen LogP contribution is 2.19. The summed E-state index contributed by atoms with van der Waals surface area (Å²) in [6.07, 6.45) is 0.300. The Morgan fingerprint density at radius 2 is 2.19 bits per heavy atom. The highest BCUT2D eigenvalue weighted by Gasteiger charge is 2.28. The van der Waals surface area contributed by atoms with E-state index in [1.165, 1.54) is 0 Å². The maximum atomic E-state index is 12.5. The Morgan fingerprint density at radius 3 is 3.00 bits per heavy atom. The van der Waals surface area contributed by atoms with Crippen LogP contribution in [0.2, 0.25) is 0 Å². The van der Waals surface area contributed by atoms with Crippen molar-refractivity contribution >= 4 is 29.3 Å². The van der Waals surface area contributed by atoms with Crippen LogP contribution < -0.4 is 5.32 Å². The van der Waals surface area contributed by atoms with Gasteiger partial charge in [0.1, 0.15) is 5.69 Å². The molecule has 0 radical (unpaired) electrons. The average molecular weight is 310 g/mol. The summed E-state index contributed by atoms with van der Waals surface area (Å²) in [5, 5.41) is 8.34. The van der Waals surface area contributed by atoms with Gasteiger partial charge in [-0.1, -0.05) is 17.3 Å². The minimum atomic E-state index is 0. The maximum Gasteiger partial charge on any atom is 0.229 e. The monoisotopic (exact) mass is 309 g/mol. The lowest BCUT2D eigenvalue weighted by atomic mass is 10.1. The van der Waals surface area contributed by atoms with Gasteiger partial charge in [0.15, 0.2) is 5.58 Å². The predicted molar refractivity (Wildman–Crippen MR) is 83.6 cm³/mol. The third-order valence-corrected chi connectivity index (χ3v) is 4.13. The van der Waals surface area contributed by atoms with Crippen molar-refractivity contribution < 1.29 is 9.32 Å². The number of amides is 1. The van der Waals surface area contributed by atoms with Crippen molar-refractivity contribution in [2.75, 3.05) is 13.1 Å². The molecule has 1 saturated heterocycles. The Labute approximate surface area is 130 Å². The zero-order valence-corrected chi connectivity index (χ0v) is 13.0. The van der Waals surface area contributed by atoms with Crippen LogP contribution in [0, 0.1) is 0 Å². The molecule has 114 valence electrons. The van der Waals surface area contributed by atoms with Crippen LogP contribution in [0.15, 0.2) is 28.8 Å². The molecule has 2 heterocycles. The minimum absolute atomic E-state index is 0. The number of halogens is 1. The van der Waals surface area contributed by atoms with Crippen LogP contribution in [-0.4, -0.2) is 41.1 Å². The SMILES string of the molecule is CC1NCCN(C(=O)Cc2noc3ccccc23)C1C.Cl. The molecule has 2 aromatic rings. The van der Waals surface area contributed by atoms with E-state index < -0.39 is 0 Å². The van der Waals surface area contributed by atoms with E-state index in [0.29, 0.717) is 12.5 Å². The summed E-state index contributed by atoms with van der Waals surface area (Å²) in [7, 11) is 0. The first-order chi connectivity index (χ1) is 9.66. The molecule has 1 aliphatic heterocycles. The van der Waals surface area contributed by atoms with Crippen LogP contribution in [0.25, 0.3) is 11.0 Å². The van der Waals surface area contributed by atoms with E-state index in [9.17, 15) is 4.79 Å². The topological polar surface area (TPSA) is 58.4 Å². The number of aromatic nitrogens is 1. The fraction of sp³-hybridized carbons (Fsp3) is 0.467. The average Bonchev–Trinajstić information content (AvgIpc) is 2.85. The van der Waals surface area contributed by atoms with Crippen molar-refractivity contribution in [2.24, 2.45) is 0 Å². The van der Waals surface area contributed by atoms with Gasteiger partial charge in [-0.3, -0.25) is 4.79 Å². The standard InChI is InChI=1S/C15H19N3O2.ClH/c1-10-11(2)18(8-7-16-10)15(19)9-13-12-5-3-4-6-14(12)20-17-13;/h3-6,10-11,16H,7-9H2,1-2H3;1H. The molecule has 0 saturated carbocycles. The smallest absolute Gasteiger partial charge is 0.229 e. The Morgan fingerprint density at radius 1 is 1.43 bits per heavy atom. The lowest BCUT2D eigenvalue weighted by Gasteiger charge is -2.38. The van der Waals surface area contributed by atoms with Crippen molar-refractivity contribution in [3.05, 3.63) is 30.0 Å². The first kappa shape index (κ1) is 15.8. The molecule has 0 spiro atoms. The number of nitrogens with zero attached hydrogens (tertiary/aromatic N) is 2. The normalized spacial score (nSPS) is 22.1. The fourth-order valence-electron chi connectivity index (χ4n) is 2.72. The van der Waals surface area contributed by atoms with Gasteiger partial charge >= 0.3 is 0 Å². The number of piperazine rings is 1. The number of para-hydroxylation sites is 1. The quantitative estimate of drug-likeness (QED) is 0.922. The van der Waals surface area contributed by atoms with Crippen molar-refractivity contribution in [2.45, 2.75) is 32.4 Å². The van der Waals surface area contributed by atoms with Crippen LogP contribution in [0.3, 0.4) is 0 Å². The first-order valence-corrected chi connectivity index (χ1v) is 7.03. The molecule has 1 fully saturated rings. The second-order valence-corrected chi connectivity index (χ2v) is 5.37. The second-order valence-electron chi connectivity index (χ2n) is 5.37. The second kappa shape index (κ2) is 6.45. The Bertz CT molecular complexity index is 628. The van der Waals surface area contributed by atoms with E-state index in [2.05, 4.69) is 24.3 Å². The lowest BCUT2D eigenvalue weighted by molar-refractivity contribution is -0.134. The fourth-order valence-corrected chi connectivity index (χ4v) is 2.72. The van der Waals surface area contributed by atoms with Gasteiger partial charge in [0.05, 0.1) is 6.42 Å². The molecule has 1 amide bonds. The number of carbonyl (C=O) groups excluding carboxylic acids is 1. The molecule has 1 aliphatic rings. The van der Waals surface area contributed by atoms with E-state index in [4.69, 9.17) is 4.52 Å². The molecule has 0 bridgehead atoms. The van der Waals surface area contributed by atoms with Crippen molar-refractivity contribution in [3.8, 4) is 0 Å². The zero-order chi connectivity index (χ0) is 14.1. The Hall–Kier alpha value is -1.59. The van der Waals surface area contributed by atoms with E-state index in [1.807, 2.05) is 29.2 Å². The molecule has 1 aromatic carbocycles. The highest BCUT2D eigenvalue weighted by molar-refractivity contribution is 5.86. The van der Waals surface area contributed by atoms with E-state index in [0.717, 1.165) is 29.8 Å². The summed E-state index contributed by atoms with van der Waals surface area (Å²) in [6.45, 7) is 5.78. The molecule has 1 N–H and O–H groups in total. The van der Waals surface area contributed by atoms with Crippen LogP contribution in [-0.2, 0) is 11.2 Å². The molecule has 21 heavy (non-hydrogen) atoms. The van der Waals surface area contributed by atoms with Gasteiger partial charge in [-0.05, 0) is 26.0 Å². The highest BCUT2D eigenvalue weighted by atomic mass is 35.5. The summed E-state index contributed by atoms with van der Waals surface area (Å²) in [5.41, 5.74) is 1.46. The molecule has 3 rings (SSSR count). The van der Waals surface area contributed by atoms with Gasteiger partial charge in [0, 0.05) is 30.6 Å². The first-order valence-electron chi connectivity index (χ1n) is 7.03. The van der Waals surface area contributed by atoms with Crippen LogP contribution in [0.5, 0.6) is 0 Å². The molecule has 1 aromatic heterocycles. The van der Waals surface area contributed by atoms with Gasteiger partial charge < -0.3 is 14.7 Å². The molecule has 2 atom stereocenters. The van der Waals surface area contributed by atoms with Crippen LogP contribution in [0.4, 0.5) is 0 Å². The zero-order valence-electron chi connectivity index (χ0n) is 12.2. The number of fused-ring (bicyclic) bond motifs is 1. The van der Waals surface area contributed by atoms with E-state index >= 15 is 0 Å². The molecular weight excluding hydrogens is 290 g/mol. The third-order valence-electron chi connectivity index (χ3n) is 4.13. The summed E-state index contributed by atoms with van der Waals surface area (Å²) < 4.78 is 5.25. The van der Waals surface area contributed by atoms with Gasteiger partial charge in [-0.25, -0.2) is 0 Å². The maximum absolute atomic E-state index is 12.5. The number of hydrogen-bond donors (Lipinski definition) is 1. The number of rotatable bonds is 2. The van der Waals surface area contributed by atoms with Gasteiger partial charge in [-0.2, -0.15) is 0 Å². The largest absolute Gasteiger partial charge is 0.356 e. The summed E-state index contributed by atoms with van der Waals surface area (Å²) in [6, 6.07) is 8.17. The summed E-state index contributed by atoms with van der Waals surface area (Å²) >= 11 is 0. The molecule has 2 unspecified atom stereocenters. The summed E-state index contributed by atoms with van der Waals surface area (Å²) in [5.74, 6) is 0.116. The van der Waals surface area contributed by atoms with Crippen LogP contribution >= 0.6 is 12.4 Å². The van der Waals surface area contributed by atoms with Gasteiger partial charge in [0.25, 0.3) is 0 Å². The van der Waals surface area contributed by atoms with Crippen molar-refractivity contribution in [1.29, 1.82) is 0 Å². The predicted octanol–water partition coefficient (Wildman–Crippen LogP) is 2.00. The van der Waals surface area contributed by atoms with Gasteiger partial charge in [-0.15, -0.1) is 12.4 Å². The molecular formula is C15H20ClN3O2. The summed E-state index contributed by atoms with van der Waals surface area (Å²) in [4.78, 5) is 14.4. The Balaban J connectivity index is 0.00000161. The lowest BCUT2D eigenvalue weighted by Crippen LogP contribution is -2.57. The number of carbonyl (C=O) groups is 1. The number of hydrogen-bond acceptors (Lipinski definition) is 4. The number of nitrogens with one attached hydrogen (secondary N) is 1. The minimum Gasteiger partial charge on any atom is -0.356 e. The number of benzene rings is 1. The van der Waals surface area contributed by atoms with Crippen molar-refractivity contribution in [3.63, 3.8) is 0 Å². The van der Waals surface area contributed by atoms with Crippen molar-refractivity contribution in [1.82, 2.24) is 15.4 Å². The van der Waals surface area contributed by atoms with E-state index in [-0.39, 0.29) is 24.4 Å². The van der Waals surface area contributed by atoms with Gasteiger partial charge in [0.2, 0.25) is 5.91 Å². The third kappa shape index (κ3) is 3.04.